The Morgan fingerprint density at radius 1 is 1.17 bits per heavy atom. The number of alkyl halides is 3. The number of anilines is 1. The van der Waals surface area contributed by atoms with Crippen LogP contribution < -0.4 is 4.90 Å². The summed E-state index contributed by atoms with van der Waals surface area (Å²) in [6.07, 6.45) is -6.71. The van der Waals surface area contributed by atoms with Crippen molar-refractivity contribution in [3.8, 4) is 0 Å². The molecule has 0 N–H and O–H groups in total. The molecule has 0 aliphatic carbocycles. The highest BCUT2D eigenvalue weighted by Gasteiger charge is 2.48. The first-order chi connectivity index (χ1) is 10.5. The van der Waals surface area contributed by atoms with E-state index in [2.05, 4.69) is 0 Å². The quantitative estimate of drug-likeness (QED) is 0.452. The molecule has 10 heteroatoms. The first-order valence-electron chi connectivity index (χ1n) is 6.13. The van der Waals surface area contributed by atoms with E-state index in [4.69, 9.17) is 23.2 Å². The minimum absolute atomic E-state index is 0.275. The second kappa shape index (κ2) is 6.09. The highest BCUT2D eigenvalue weighted by atomic mass is 35.5. The predicted octanol–water partition coefficient (Wildman–Crippen LogP) is 3.69. The number of amides is 2. The fraction of sp³-hybridized carbons (Fsp3) is 0.308. The monoisotopic (exact) mass is 371 g/mol. The highest BCUT2D eigenvalue weighted by molar-refractivity contribution is 6.68. The minimum atomic E-state index is -4.72. The van der Waals surface area contributed by atoms with Crippen molar-refractivity contribution in [1.82, 2.24) is 0 Å². The van der Waals surface area contributed by atoms with Crippen LogP contribution in [0.2, 0.25) is 5.02 Å². The van der Waals surface area contributed by atoms with E-state index in [-0.39, 0.29) is 15.5 Å². The molecule has 0 saturated carbocycles. The Kier molecular flexibility index (Phi) is 4.68. The smallest absolute Gasteiger partial charge is 0.276 e. The number of benzene rings is 1. The lowest BCUT2D eigenvalue weighted by Crippen LogP contribution is -2.47. The Hall–Kier alpha value is -1.67. The van der Waals surface area contributed by atoms with Gasteiger partial charge in [-0.1, -0.05) is 11.6 Å². The normalized spacial score (nSPS) is 16.9. The number of nitrogens with zero attached hydrogens (tertiary/aromatic N) is 1. The molecule has 0 spiro atoms. The molecule has 1 fully saturated rings. The summed E-state index contributed by atoms with van der Waals surface area (Å²) >= 11 is 10.9. The van der Waals surface area contributed by atoms with Crippen LogP contribution in [0.3, 0.4) is 0 Å². The Morgan fingerprint density at radius 3 is 2.13 bits per heavy atom. The summed E-state index contributed by atoms with van der Waals surface area (Å²) in [6.45, 7) is 0. The molecule has 1 saturated heterocycles. The molecule has 0 atom stereocenters. The van der Waals surface area contributed by atoms with Gasteiger partial charge in [0.05, 0.1) is 22.2 Å². The molecule has 0 aromatic heterocycles. The van der Waals surface area contributed by atoms with Gasteiger partial charge in [0.1, 0.15) is 5.82 Å². The predicted molar refractivity (Wildman–Crippen MR) is 72.9 cm³/mol. The molecular formula is C13H7Cl2F4NO3. The van der Waals surface area contributed by atoms with Gasteiger partial charge < -0.3 is 0 Å². The van der Waals surface area contributed by atoms with Gasteiger partial charge in [0.2, 0.25) is 11.8 Å². The Morgan fingerprint density at radius 2 is 1.70 bits per heavy atom. The van der Waals surface area contributed by atoms with Crippen molar-refractivity contribution in [3.63, 3.8) is 0 Å². The van der Waals surface area contributed by atoms with Crippen LogP contribution in [0.4, 0.5) is 23.2 Å². The van der Waals surface area contributed by atoms with Gasteiger partial charge in [-0.05, 0) is 23.7 Å². The number of piperidine rings is 1. The second-order valence-corrected chi connectivity index (χ2v) is 5.58. The maximum atomic E-state index is 13.9. The number of imide groups is 1. The number of hydrogen-bond acceptors (Lipinski definition) is 3. The van der Waals surface area contributed by atoms with Crippen molar-refractivity contribution in [2.24, 2.45) is 5.92 Å². The van der Waals surface area contributed by atoms with Crippen LogP contribution in [0, 0.1) is 11.7 Å². The number of halogens is 6. The van der Waals surface area contributed by atoms with Crippen molar-refractivity contribution in [3.05, 3.63) is 28.5 Å². The molecule has 0 bridgehead atoms. The van der Waals surface area contributed by atoms with Crippen molar-refractivity contribution in [1.29, 1.82) is 0 Å². The van der Waals surface area contributed by atoms with Crippen LogP contribution in [-0.4, -0.2) is 23.2 Å². The fourth-order valence-electron chi connectivity index (χ4n) is 2.18. The van der Waals surface area contributed by atoms with E-state index in [0.29, 0.717) is 6.07 Å². The third-order valence-corrected chi connectivity index (χ3v) is 3.81. The first kappa shape index (κ1) is 17.7. The summed E-state index contributed by atoms with van der Waals surface area (Å²) in [5.74, 6) is -5.71. The van der Waals surface area contributed by atoms with Gasteiger partial charge in [-0.25, -0.2) is 9.29 Å². The molecule has 23 heavy (non-hydrogen) atoms. The Balaban J connectivity index is 2.43. The molecule has 1 aliphatic heterocycles. The zero-order chi connectivity index (χ0) is 17.5. The van der Waals surface area contributed by atoms with Gasteiger partial charge in [-0.15, -0.1) is 0 Å². The summed E-state index contributed by atoms with van der Waals surface area (Å²) in [4.78, 5) is 35.2. The Labute approximate surface area is 136 Å². The molecule has 2 amide bonds. The largest absolute Gasteiger partial charge is 0.392 e. The van der Waals surface area contributed by atoms with E-state index in [1.807, 2.05) is 0 Å². The summed E-state index contributed by atoms with van der Waals surface area (Å²) < 4.78 is 51.9. The van der Waals surface area contributed by atoms with Crippen LogP contribution in [0.25, 0.3) is 0 Å². The first-order valence-corrected chi connectivity index (χ1v) is 6.89. The van der Waals surface area contributed by atoms with Gasteiger partial charge >= 0.3 is 6.18 Å². The van der Waals surface area contributed by atoms with Gasteiger partial charge in [0.25, 0.3) is 5.24 Å². The molecule has 0 unspecified atom stereocenters. The van der Waals surface area contributed by atoms with Gasteiger partial charge in [-0.3, -0.25) is 14.4 Å². The van der Waals surface area contributed by atoms with E-state index in [0.717, 1.165) is 6.07 Å². The average molecular weight is 372 g/mol. The van der Waals surface area contributed by atoms with E-state index in [9.17, 15) is 31.9 Å². The molecule has 2 rings (SSSR count). The van der Waals surface area contributed by atoms with Crippen molar-refractivity contribution >= 4 is 45.9 Å². The molecule has 124 valence electrons. The zero-order valence-corrected chi connectivity index (χ0v) is 12.6. The van der Waals surface area contributed by atoms with E-state index in [1.165, 1.54) is 0 Å². The number of hydrogen-bond donors (Lipinski definition) is 0. The van der Waals surface area contributed by atoms with Crippen LogP contribution in [-0.2, 0) is 9.59 Å². The molecule has 0 radical (unpaired) electrons. The van der Waals surface area contributed by atoms with Gasteiger partial charge in [0.15, 0.2) is 0 Å². The van der Waals surface area contributed by atoms with Crippen LogP contribution in [0.1, 0.15) is 23.2 Å². The molecule has 1 aliphatic rings. The van der Waals surface area contributed by atoms with E-state index >= 15 is 0 Å². The Bertz CT molecular complexity index is 687. The topological polar surface area (TPSA) is 54.5 Å². The summed E-state index contributed by atoms with van der Waals surface area (Å²) in [5.41, 5.74) is -1.03. The zero-order valence-electron chi connectivity index (χ0n) is 11.1. The summed E-state index contributed by atoms with van der Waals surface area (Å²) in [7, 11) is 0. The minimum Gasteiger partial charge on any atom is -0.276 e. The molecule has 1 aromatic rings. The maximum Gasteiger partial charge on any atom is 0.392 e. The number of carbonyl (C=O) groups excluding carboxylic acids is 3. The highest BCUT2D eigenvalue weighted by Crippen LogP contribution is 2.38. The summed E-state index contributed by atoms with van der Waals surface area (Å²) in [5, 5.41) is -1.42. The average Bonchev–Trinajstić information content (AvgIpc) is 2.38. The fourth-order valence-corrected chi connectivity index (χ4v) is 2.62. The third-order valence-electron chi connectivity index (χ3n) is 3.29. The van der Waals surface area contributed by atoms with Crippen LogP contribution in [0.15, 0.2) is 12.1 Å². The van der Waals surface area contributed by atoms with Crippen molar-refractivity contribution in [2.45, 2.75) is 19.0 Å². The second-order valence-electron chi connectivity index (χ2n) is 4.83. The molecule has 1 aromatic carbocycles. The lowest BCUT2D eigenvalue weighted by Gasteiger charge is -2.31. The van der Waals surface area contributed by atoms with Gasteiger partial charge in [0, 0.05) is 12.8 Å². The molecular weight excluding hydrogens is 365 g/mol. The lowest BCUT2D eigenvalue weighted by molar-refractivity contribution is -0.185. The number of rotatable bonds is 2. The van der Waals surface area contributed by atoms with Crippen molar-refractivity contribution < 1.29 is 31.9 Å². The lowest BCUT2D eigenvalue weighted by atomic mass is 9.94. The van der Waals surface area contributed by atoms with E-state index < -0.39 is 53.5 Å². The van der Waals surface area contributed by atoms with Crippen LogP contribution in [0.5, 0.6) is 0 Å². The SMILES string of the molecule is O=C(Cl)c1cc(N2C(=O)CC(C(F)(F)F)CC2=O)c(F)cc1Cl. The van der Waals surface area contributed by atoms with Crippen molar-refractivity contribution in [2.75, 3.05) is 4.90 Å². The standard InChI is InChI=1S/C13H7Cl2F4NO3/c14-7-4-8(16)9(3-6(7)12(15)23)20-10(21)1-5(2-11(20)22)13(17,18)19/h3-5H,1-2H2. The third kappa shape index (κ3) is 3.48. The van der Waals surface area contributed by atoms with Crippen LogP contribution >= 0.6 is 23.2 Å². The van der Waals surface area contributed by atoms with Gasteiger partial charge in [-0.2, -0.15) is 13.2 Å². The maximum absolute atomic E-state index is 13.9. The molecule has 4 nitrogen and oxygen atoms in total. The summed E-state index contributed by atoms with van der Waals surface area (Å²) in [6, 6.07) is 1.42. The molecule has 1 heterocycles. The number of carbonyl (C=O) groups is 3. The van der Waals surface area contributed by atoms with E-state index in [1.54, 1.807) is 0 Å².